The molecule has 1 fully saturated rings. The van der Waals surface area contributed by atoms with E-state index < -0.39 is 10.0 Å². The van der Waals surface area contributed by atoms with Crippen LogP contribution >= 0.6 is 34.8 Å². The molecule has 1 aromatic rings. The molecule has 2 rings (SSSR count). The third-order valence-corrected chi connectivity index (χ3v) is 6.40. The summed E-state index contributed by atoms with van der Waals surface area (Å²) in [7, 11) is -3.69. The maximum Gasteiger partial charge on any atom is 0.242 e. The molecule has 1 aliphatic heterocycles. The number of quaternary nitrogens is 1. The Morgan fingerprint density at radius 2 is 1.82 bits per heavy atom. The first kappa shape index (κ1) is 18.3. The zero-order valence-electron chi connectivity index (χ0n) is 11.9. The van der Waals surface area contributed by atoms with Crippen molar-refractivity contribution in [3.63, 3.8) is 0 Å². The second-order valence-corrected chi connectivity index (χ2v) is 7.94. The van der Waals surface area contributed by atoms with Crippen LogP contribution in [0.3, 0.4) is 0 Å². The number of benzene rings is 1. The minimum Gasteiger partial charge on any atom is -0.370 e. The summed E-state index contributed by atoms with van der Waals surface area (Å²) in [6.45, 7) is 4.71. The first-order valence-corrected chi connectivity index (χ1v) is 9.58. The number of ether oxygens (including phenoxy) is 1. The second-order valence-electron chi connectivity index (χ2n) is 5.04. The molecule has 0 aromatic heterocycles. The van der Waals surface area contributed by atoms with Crippen molar-refractivity contribution in [3.8, 4) is 0 Å². The topological polar surface area (TPSA) is 59.8 Å². The second kappa shape index (κ2) is 8.15. The Bertz CT molecular complexity index is 619. The Kier molecular flexibility index (Phi) is 6.76. The molecule has 124 valence electrons. The number of nitrogens with one attached hydrogen (secondary N) is 2. The summed E-state index contributed by atoms with van der Waals surface area (Å²) >= 11 is 17.6. The van der Waals surface area contributed by atoms with Crippen molar-refractivity contribution >= 4 is 44.8 Å². The van der Waals surface area contributed by atoms with E-state index >= 15 is 0 Å². The maximum atomic E-state index is 12.2. The Balaban J connectivity index is 1.90. The molecule has 9 heteroatoms. The largest absolute Gasteiger partial charge is 0.370 e. The van der Waals surface area contributed by atoms with Crippen molar-refractivity contribution in [2.24, 2.45) is 0 Å². The first-order valence-electron chi connectivity index (χ1n) is 6.96. The van der Waals surface area contributed by atoms with Gasteiger partial charge in [0.1, 0.15) is 18.0 Å². The highest BCUT2D eigenvalue weighted by Gasteiger charge is 2.21. The molecule has 0 radical (unpaired) electrons. The molecule has 0 aliphatic carbocycles. The van der Waals surface area contributed by atoms with Gasteiger partial charge < -0.3 is 9.64 Å². The average molecular weight is 389 g/mol. The van der Waals surface area contributed by atoms with Gasteiger partial charge in [-0.1, -0.05) is 34.8 Å². The van der Waals surface area contributed by atoms with Crippen molar-refractivity contribution in [2.45, 2.75) is 11.3 Å². The van der Waals surface area contributed by atoms with Gasteiger partial charge in [0.15, 0.2) is 0 Å². The van der Waals surface area contributed by atoms with Crippen LogP contribution in [0.5, 0.6) is 0 Å². The first-order chi connectivity index (χ1) is 10.4. The van der Waals surface area contributed by atoms with Crippen LogP contribution in [0.4, 0.5) is 0 Å². The zero-order chi connectivity index (χ0) is 16.2. The molecular weight excluding hydrogens is 371 g/mol. The average Bonchev–Trinajstić information content (AvgIpc) is 2.50. The minimum absolute atomic E-state index is 0.0453. The quantitative estimate of drug-likeness (QED) is 0.569. The predicted octanol–water partition coefficient (Wildman–Crippen LogP) is 1.23. The van der Waals surface area contributed by atoms with Crippen molar-refractivity contribution in [1.82, 2.24) is 4.72 Å². The smallest absolute Gasteiger partial charge is 0.242 e. The lowest BCUT2D eigenvalue weighted by Gasteiger charge is -2.23. The van der Waals surface area contributed by atoms with Crippen molar-refractivity contribution in [2.75, 3.05) is 39.4 Å². The van der Waals surface area contributed by atoms with Crippen LogP contribution in [0.15, 0.2) is 17.0 Å². The fraction of sp³-hybridized carbons (Fsp3) is 0.538. The normalized spacial score (nSPS) is 16.9. The molecule has 1 aromatic carbocycles. The molecule has 5 nitrogen and oxygen atoms in total. The molecule has 22 heavy (non-hydrogen) atoms. The molecule has 0 amide bonds. The van der Waals surface area contributed by atoms with Crippen molar-refractivity contribution < 1.29 is 18.1 Å². The van der Waals surface area contributed by atoms with Crippen LogP contribution in [0, 0.1) is 0 Å². The highest BCUT2D eigenvalue weighted by Crippen LogP contribution is 2.34. The van der Waals surface area contributed by atoms with Gasteiger partial charge in [0, 0.05) is 13.0 Å². The Hall–Kier alpha value is -0.0800. The molecular formula is C13H18Cl3N2O3S+. The van der Waals surface area contributed by atoms with E-state index in [0.717, 1.165) is 39.3 Å². The molecule has 0 atom stereocenters. The molecule has 1 heterocycles. The number of morpholine rings is 1. The standard InChI is InChI=1S/C13H17Cl3N2O3S/c14-10-2-3-11(13(16)12(10)15)22(19,20)17-4-1-5-18-6-8-21-9-7-18/h2-3,17H,1,4-9H2/p+1. The molecule has 0 spiro atoms. The van der Waals surface area contributed by atoms with E-state index in [1.807, 2.05) is 0 Å². The summed E-state index contributed by atoms with van der Waals surface area (Å²) in [5.74, 6) is 0. The van der Waals surface area contributed by atoms with E-state index in [-0.39, 0.29) is 20.0 Å². The lowest BCUT2D eigenvalue weighted by atomic mass is 10.3. The fourth-order valence-electron chi connectivity index (χ4n) is 2.25. The summed E-state index contributed by atoms with van der Waals surface area (Å²) in [6, 6.07) is 2.77. The van der Waals surface area contributed by atoms with Crippen molar-refractivity contribution in [3.05, 3.63) is 27.2 Å². The van der Waals surface area contributed by atoms with Gasteiger partial charge >= 0.3 is 0 Å². The van der Waals surface area contributed by atoms with Crippen molar-refractivity contribution in [1.29, 1.82) is 0 Å². The Morgan fingerprint density at radius 3 is 2.50 bits per heavy atom. The SMILES string of the molecule is O=S(=O)(NCCC[NH+]1CCOCC1)c1ccc(Cl)c(Cl)c1Cl. The van der Waals surface area contributed by atoms with Gasteiger partial charge in [0.25, 0.3) is 0 Å². The number of hydrogen-bond donors (Lipinski definition) is 2. The lowest BCUT2D eigenvalue weighted by Crippen LogP contribution is -3.14. The van der Waals surface area contributed by atoms with E-state index in [1.54, 1.807) is 0 Å². The van der Waals surface area contributed by atoms with E-state index in [2.05, 4.69) is 4.72 Å². The third kappa shape index (κ3) is 4.71. The van der Waals surface area contributed by atoms with Crippen LogP contribution in [0.1, 0.15) is 6.42 Å². The number of halogens is 3. The van der Waals surface area contributed by atoms with Gasteiger partial charge in [-0.15, -0.1) is 0 Å². The summed E-state index contributed by atoms with van der Waals surface area (Å²) in [6.07, 6.45) is 0.744. The van der Waals surface area contributed by atoms with E-state index in [0.29, 0.717) is 6.54 Å². The number of hydrogen-bond acceptors (Lipinski definition) is 3. The summed E-state index contributed by atoms with van der Waals surface area (Å²) in [5.41, 5.74) is 0. The number of rotatable bonds is 6. The van der Waals surface area contributed by atoms with E-state index in [4.69, 9.17) is 39.5 Å². The molecule has 0 bridgehead atoms. The van der Waals surface area contributed by atoms with Gasteiger partial charge in [0.05, 0.1) is 34.8 Å². The lowest BCUT2D eigenvalue weighted by molar-refractivity contribution is -0.908. The molecule has 1 saturated heterocycles. The van der Waals surface area contributed by atoms with Gasteiger partial charge in [-0.2, -0.15) is 0 Å². The van der Waals surface area contributed by atoms with Crippen LogP contribution in [0.25, 0.3) is 0 Å². The molecule has 2 N–H and O–H groups in total. The van der Waals surface area contributed by atoms with Crippen LogP contribution in [0.2, 0.25) is 15.1 Å². The monoisotopic (exact) mass is 387 g/mol. The predicted molar refractivity (Wildman–Crippen MR) is 87.7 cm³/mol. The summed E-state index contributed by atoms with van der Waals surface area (Å²) < 4.78 is 32.3. The fourth-order valence-corrected chi connectivity index (χ4v) is 4.30. The van der Waals surface area contributed by atoms with E-state index in [1.165, 1.54) is 17.0 Å². The third-order valence-electron chi connectivity index (χ3n) is 3.49. The highest BCUT2D eigenvalue weighted by atomic mass is 35.5. The minimum atomic E-state index is -3.69. The van der Waals surface area contributed by atoms with Gasteiger partial charge in [-0.3, -0.25) is 0 Å². The van der Waals surface area contributed by atoms with Gasteiger partial charge in [0.2, 0.25) is 10.0 Å². The zero-order valence-corrected chi connectivity index (χ0v) is 15.0. The maximum absolute atomic E-state index is 12.2. The molecule has 1 aliphatic rings. The number of sulfonamides is 1. The Morgan fingerprint density at radius 1 is 1.14 bits per heavy atom. The molecule has 0 unspecified atom stereocenters. The highest BCUT2D eigenvalue weighted by molar-refractivity contribution is 7.89. The Labute approximate surface area is 145 Å². The molecule has 0 saturated carbocycles. The summed E-state index contributed by atoms with van der Waals surface area (Å²) in [4.78, 5) is 1.38. The van der Waals surface area contributed by atoms with Crippen LogP contribution < -0.4 is 9.62 Å². The summed E-state index contributed by atoms with van der Waals surface area (Å²) in [5, 5.41) is 0.214. The van der Waals surface area contributed by atoms with Gasteiger partial charge in [-0.05, 0) is 12.1 Å². The van der Waals surface area contributed by atoms with Crippen LogP contribution in [-0.4, -0.2) is 47.8 Å². The van der Waals surface area contributed by atoms with Crippen LogP contribution in [-0.2, 0) is 14.8 Å². The van der Waals surface area contributed by atoms with E-state index in [9.17, 15) is 8.42 Å². The van der Waals surface area contributed by atoms with Gasteiger partial charge in [-0.25, -0.2) is 13.1 Å².